The van der Waals surface area contributed by atoms with Crippen LogP contribution < -0.4 is 4.74 Å². The molecule has 2 aliphatic rings. The molecule has 0 bridgehead atoms. The van der Waals surface area contributed by atoms with Gasteiger partial charge in [0.2, 0.25) is 0 Å². The van der Waals surface area contributed by atoms with Crippen LogP contribution in [0.2, 0.25) is 5.02 Å². The van der Waals surface area contributed by atoms with Crippen molar-refractivity contribution in [3.63, 3.8) is 0 Å². The minimum Gasteiger partial charge on any atom is -0.490 e. The predicted molar refractivity (Wildman–Crippen MR) is 96.9 cm³/mol. The summed E-state index contributed by atoms with van der Waals surface area (Å²) >= 11 is 6.11. The summed E-state index contributed by atoms with van der Waals surface area (Å²) in [7, 11) is 0. The summed E-state index contributed by atoms with van der Waals surface area (Å²) in [5.74, 6) is 0.650. The largest absolute Gasteiger partial charge is 0.490 e. The number of carbonyl (C=O) groups is 1. The lowest BCUT2D eigenvalue weighted by molar-refractivity contribution is 0.0568. The number of benzene rings is 1. The lowest BCUT2D eigenvalue weighted by atomic mass is 10.1. The fourth-order valence-corrected chi connectivity index (χ4v) is 3.93. The van der Waals surface area contributed by atoms with E-state index in [1.807, 2.05) is 18.7 Å². The van der Waals surface area contributed by atoms with Crippen LogP contribution in [-0.2, 0) is 0 Å². The molecule has 3 rings (SSSR count). The molecule has 0 N–H and O–H groups in total. The Kier molecular flexibility index (Phi) is 5.67. The van der Waals surface area contributed by atoms with Crippen LogP contribution in [0.5, 0.6) is 5.75 Å². The van der Waals surface area contributed by atoms with E-state index in [0.29, 0.717) is 16.3 Å². The highest BCUT2D eigenvalue weighted by Crippen LogP contribution is 2.27. The smallest absolute Gasteiger partial charge is 0.257 e. The quantitative estimate of drug-likeness (QED) is 0.827. The molecule has 1 aliphatic carbocycles. The third kappa shape index (κ3) is 4.04. The molecule has 0 atom stereocenters. The summed E-state index contributed by atoms with van der Waals surface area (Å²) in [4.78, 5) is 17.4. The first kappa shape index (κ1) is 17.6. The first-order chi connectivity index (χ1) is 11.5. The molecule has 4 nitrogen and oxygen atoms in total. The highest BCUT2D eigenvalue weighted by atomic mass is 35.5. The number of hydrogen-bond donors (Lipinski definition) is 0. The first-order valence-electron chi connectivity index (χ1n) is 9.04. The number of piperazine rings is 1. The summed E-state index contributed by atoms with van der Waals surface area (Å²) in [6.45, 7) is 7.42. The lowest BCUT2D eigenvalue weighted by Crippen LogP contribution is -2.51. The molecule has 1 heterocycles. The van der Waals surface area contributed by atoms with Crippen molar-refractivity contribution >= 4 is 17.5 Å². The molecule has 0 unspecified atom stereocenters. The molecule has 132 valence electrons. The SMILES string of the molecule is CC(C)Oc1ccc(Cl)cc1C(=O)N1CCN(C2CCCC2)CC1. The zero-order valence-electron chi connectivity index (χ0n) is 14.6. The molecule has 1 saturated heterocycles. The molecule has 1 amide bonds. The van der Waals surface area contributed by atoms with Crippen LogP contribution in [0.1, 0.15) is 49.9 Å². The van der Waals surface area contributed by atoms with Crippen LogP contribution >= 0.6 is 11.6 Å². The zero-order valence-corrected chi connectivity index (χ0v) is 15.4. The highest BCUT2D eigenvalue weighted by Gasteiger charge is 2.29. The summed E-state index contributed by atoms with van der Waals surface area (Å²) in [5.41, 5.74) is 0.575. The topological polar surface area (TPSA) is 32.8 Å². The molecule has 1 aliphatic heterocycles. The van der Waals surface area contributed by atoms with E-state index in [1.54, 1.807) is 18.2 Å². The molecule has 24 heavy (non-hydrogen) atoms. The second kappa shape index (κ2) is 7.75. The molecule has 0 aromatic heterocycles. The Morgan fingerprint density at radius 1 is 1.17 bits per heavy atom. The van der Waals surface area contributed by atoms with Crippen LogP contribution in [0, 0.1) is 0 Å². The zero-order chi connectivity index (χ0) is 17.1. The minimum absolute atomic E-state index is 0.0249. The summed E-state index contributed by atoms with van der Waals surface area (Å²) in [6, 6.07) is 6.02. The van der Waals surface area contributed by atoms with E-state index >= 15 is 0 Å². The molecule has 0 radical (unpaired) electrons. The third-order valence-corrected chi connectivity index (χ3v) is 5.21. The average molecular weight is 351 g/mol. The molecular formula is C19H27ClN2O2. The van der Waals surface area contributed by atoms with Crippen molar-refractivity contribution in [3.8, 4) is 5.75 Å². The molecule has 5 heteroatoms. The van der Waals surface area contributed by atoms with Gasteiger partial charge in [-0.15, -0.1) is 0 Å². The standard InChI is InChI=1S/C19H27ClN2O2/c1-14(2)24-18-8-7-15(20)13-17(18)19(23)22-11-9-21(10-12-22)16-5-3-4-6-16/h7-8,13-14,16H,3-6,9-12H2,1-2H3. The van der Waals surface area contributed by atoms with Crippen molar-refractivity contribution in [2.24, 2.45) is 0 Å². The molecule has 1 aromatic carbocycles. The van der Waals surface area contributed by atoms with Gasteiger partial charge in [0, 0.05) is 37.2 Å². The minimum atomic E-state index is 0.0249. The van der Waals surface area contributed by atoms with Crippen molar-refractivity contribution in [3.05, 3.63) is 28.8 Å². The second-order valence-corrected chi connectivity index (χ2v) is 7.51. The number of rotatable bonds is 4. The van der Waals surface area contributed by atoms with E-state index in [2.05, 4.69) is 4.90 Å². The van der Waals surface area contributed by atoms with Gasteiger partial charge in [0.25, 0.3) is 5.91 Å². The van der Waals surface area contributed by atoms with Gasteiger partial charge in [-0.1, -0.05) is 24.4 Å². The number of ether oxygens (including phenoxy) is 1. The maximum atomic E-state index is 13.0. The van der Waals surface area contributed by atoms with Crippen molar-refractivity contribution < 1.29 is 9.53 Å². The van der Waals surface area contributed by atoms with E-state index in [1.165, 1.54) is 25.7 Å². The Balaban J connectivity index is 1.67. The van der Waals surface area contributed by atoms with Crippen LogP contribution in [-0.4, -0.2) is 54.0 Å². The average Bonchev–Trinajstić information content (AvgIpc) is 3.10. The van der Waals surface area contributed by atoms with E-state index in [4.69, 9.17) is 16.3 Å². The van der Waals surface area contributed by atoms with Crippen LogP contribution in [0.3, 0.4) is 0 Å². The van der Waals surface area contributed by atoms with Gasteiger partial charge in [-0.05, 0) is 44.9 Å². The fraction of sp³-hybridized carbons (Fsp3) is 0.632. The summed E-state index contributed by atoms with van der Waals surface area (Å²) in [6.07, 6.45) is 5.35. The van der Waals surface area contributed by atoms with E-state index < -0.39 is 0 Å². The maximum Gasteiger partial charge on any atom is 0.257 e. The van der Waals surface area contributed by atoms with Crippen molar-refractivity contribution in [1.82, 2.24) is 9.80 Å². The monoisotopic (exact) mass is 350 g/mol. The third-order valence-electron chi connectivity index (χ3n) is 4.98. The number of nitrogens with zero attached hydrogens (tertiary/aromatic N) is 2. The van der Waals surface area contributed by atoms with Crippen LogP contribution in [0.4, 0.5) is 0 Å². The number of halogens is 1. The molecule has 1 saturated carbocycles. The Morgan fingerprint density at radius 3 is 2.46 bits per heavy atom. The van der Waals surface area contributed by atoms with E-state index in [9.17, 15) is 4.79 Å². The van der Waals surface area contributed by atoms with Gasteiger partial charge in [-0.3, -0.25) is 9.69 Å². The Bertz CT molecular complexity index is 577. The molecule has 1 aromatic rings. The maximum absolute atomic E-state index is 13.0. The Morgan fingerprint density at radius 2 is 1.83 bits per heavy atom. The van der Waals surface area contributed by atoms with E-state index in [-0.39, 0.29) is 12.0 Å². The summed E-state index contributed by atoms with van der Waals surface area (Å²) < 4.78 is 5.80. The Labute approximate surface area is 149 Å². The Hall–Kier alpha value is -1.26. The van der Waals surface area contributed by atoms with Crippen molar-refractivity contribution in [2.45, 2.75) is 51.7 Å². The van der Waals surface area contributed by atoms with Crippen LogP contribution in [0.25, 0.3) is 0 Å². The van der Waals surface area contributed by atoms with Gasteiger partial charge >= 0.3 is 0 Å². The van der Waals surface area contributed by atoms with Gasteiger partial charge in [0.1, 0.15) is 5.75 Å². The van der Waals surface area contributed by atoms with Gasteiger partial charge in [0.05, 0.1) is 11.7 Å². The highest BCUT2D eigenvalue weighted by molar-refractivity contribution is 6.31. The van der Waals surface area contributed by atoms with Crippen LogP contribution in [0.15, 0.2) is 18.2 Å². The normalized spacial score (nSPS) is 19.9. The van der Waals surface area contributed by atoms with Gasteiger partial charge in [0.15, 0.2) is 0 Å². The summed E-state index contributed by atoms with van der Waals surface area (Å²) in [5, 5.41) is 0.569. The number of amides is 1. The van der Waals surface area contributed by atoms with Gasteiger partial charge in [-0.2, -0.15) is 0 Å². The van der Waals surface area contributed by atoms with Crippen molar-refractivity contribution in [2.75, 3.05) is 26.2 Å². The fourth-order valence-electron chi connectivity index (χ4n) is 3.76. The first-order valence-corrected chi connectivity index (χ1v) is 9.42. The van der Waals surface area contributed by atoms with Gasteiger partial charge in [-0.25, -0.2) is 0 Å². The van der Waals surface area contributed by atoms with Crippen molar-refractivity contribution in [1.29, 1.82) is 0 Å². The second-order valence-electron chi connectivity index (χ2n) is 7.07. The molecule has 2 fully saturated rings. The number of carbonyl (C=O) groups excluding carboxylic acids is 1. The van der Waals surface area contributed by atoms with E-state index in [0.717, 1.165) is 32.2 Å². The lowest BCUT2D eigenvalue weighted by Gasteiger charge is -2.38. The molecule has 0 spiro atoms. The molecular weight excluding hydrogens is 324 g/mol. The number of hydrogen-bond acceptors (Lipinski definition) is 3. The predicted octanol–water partition coefficient (Wildman–Crippen LogP) is 3.83. The van der Waals surface area contributed by atoms with Gasteiger partial charge < -0.3 is 9.64 Å².